The maximum absolute atomic E-state index is 12.2. The van der Waals surface area contributed by atoms with E-state index in [1.165, 1.54) is 5.56 Å². The number of aliphatic carboxylic acids is 1. The van der Waals surface area contributed by atoms with Crippen molar-refractivity contribution in [3.8, 4) is 5.75 Å². The number of hydrogen-bond donors (Lipinski definition) is 1. The van der Waals surface area contributed by atoms with Crippen molar-refractivity contribution in [1.82, 2.24) is 4.90 Å². The maximum atomic E-state index is 12.2. The molecule has 1 fully saturated rings. The third-order valence-corrected chi connectivity index (χ3v) is 5.46. The van der Waals surface area contributed by atoms with E-state index in [1.54, 1.807) is 24.3 Å². The summed E-state index contributed by atoms with van der Waals surface area (Å²) < 4.78 is 6.53. The van der Waals surface area contributed by atoms with Crippen LogP contribution in [0.5, 0.6) is 5.75 Å². The summed E-state index contributed by atoms with van der Waals surface area (Å²) in [5.74, 6) is -1.19. The molecule has 0 aliphatic carbocycles. The van der Waals surface area contributed by atoms with Gasteiger partial charge in [-0.25, -0.2) is 0 Å². The number of carboxylic acid groups (broad SMARTS) is 1. The smallest absolute Gasteiger partial charge is 0.323 e. The summed E-state index contributed by atoms with van der Waals surface area (Å²) in [4.78, 5) is 35.7. The van der Waals surface area contributed by atoms with E-state index in [0.717, 1.165) is 17.3 Å². The van der Waals surface area contributed by atoms with Gasteiger partial charge in [0.05, 0.1) is 9.38 Å². The lowest BCUT2D eigenvalue weighted by Crippen LogP contribution is -2.33. The van der Waals surface area contributed by atoms with Gasteiger partial charge in [-0.2, -0.15) is 0 Å². The first kappa shape index (κ1) is 20.2. The zero-order chi connectivity index (χ0) is 20.3. The number of halogens is 1. The molecule has 144 valence electrons. The summed E-state index contributed by atoms with van der Waals surface area (Å²) in [6.45, 7) is 1.81. The van der Waals surface area contributed by atoms with E-state index in [9.17, 15) is 14.4 Å². The molecule has 0 spiro atoms. The summed E-state index contributed by atoms with van der Waals surface area (Å²) in [5, 5.41) is 8.22. The van der Waals surface area contributed by atoms with Crippen LogP contribution in [0.15, 0.2) is 51.8 Å². The van der Waals surface area contributed by atoms with Gasteiger partial charge in [0.15, 0.2) is 0 Å². The molecule has 0 bridgehead atoms. The van der Waals surface area contributed by atoms with Gasteiger partial charge in [-0.1, -0.05) is 35.9 Å². The van der Waals surface area contributed by atoms with Gasteiger partial charge in [0, 0.05) is 0 Å². The number of rotatable bonds is 6. The van der Waals surface area contributed by atoms with Crippen LogP contribution in [-0.2, 0) is 16.2 Å². The van der Waals surface area contributed by atoms with Gasteiger partial charge >= 0.3 is 5.97 Å². The molecule has 1 aliphatic heterocycles. The molecule has 1 aliphatic rings. The number of nitrogens with zero attached hydrogens (tertiary/aromatic N) is 1. The number of aryl methyl sites for hydroxylation is 1. The molecule has 28 heavy (non-hydrogen) atoms. The van der Waals surface area contributed by atoms with E-state index in [0.29, 0.717) is 27.3 Å². The Kier molecular flexibility index (Phi) is 6.21. The Morgan fingerprint density at radius 1 is 1.21 bits per heavy atom. The molecule has 6 nitrogen and oxygen atoms in total. The highest BCUT2D eigenvalue weighted by atomic mass is 79.9. The first-order valence-corrected chi connectivity index (χ1v) is 9.89. The molecule has 0 atom stereocenters. The zero-order valence-electron chi connectivity index (χ0n) is 14.8. The average molecular weight is 462 g/mol. The number of hydrogen-bond acceptors (Lipinski definition) is 5. The molecular weight excluding hydrogens is 446 g/mol. The van der Waals surface area contributed by atoms with Crippen LogP contribution in [0, 0.1) is 6.92 Å². The summed E-state index contributed by atoms with van der Waals surface area (Å²) in [7, 11) is 0. The topological polar surface area (TPSA) is 83.9 Å². The highest BCUT2D eigenvalue weighted by molar-refractivity contribution is 9.10. The van der Waals surface area contributed by atoms with E-state index < -0.39 is 23.7 Å². The van der Waals surface area contributed by atoms with Gasteiger partial charge in [0.1, 0.15) is 18.9 Å². The molecule has 1 heterocycles. The van der Waals surface area contributed by atoms with E-state index >= 15 is 0 Å². The van der Waals surface area contributed by atoms with Crippen LogP contribution >= 0.6 is 27.7 Å². The van der Waals surface area contributed by atoms with Crippen LogP contribution in [0.3, 0.4) is 0 Å². The molecule has 3 rings (SSSR count). The predicted octanol–water partition coefficient (Wildman–Crippen LogP) is 4.46. The lowest BCUT2D eigenvalue weighted by atomic mass is 10.1. The minimum absolute atomic E-state index is 0.187. The van der Waals surface area contributed by atoms with Gasteiger partial charge in [0.25, 0.3) is 11.1 Å². The summed E-state index contributed by atoms with van der Waals surface area (Å²) in [6, 6.07) is 13.4. The molecule has 0 unspecified atom stereocenters. The Morgan fingerprint density at radius 3 is 2.57 bits per heavy atom. The number of imide groups is 1. The van der Waals surface area contributed by atoms with Crippen molar-refractivity contribution in [2.45, 2.75) is 13.5 Å². The van der Waals surface area contributed by atoms with Crippen LogP contribution in [0.2, 0.25) is 0 Å². The largest absolute Gasteiger partial charge is 0.488 e. The molecule has 1 saturated heterocycles. The Labute approximate surface area is 174 Å². The second kappa shape index (κ2) is 8.62. The minimum atomic E-state index is -1.23. The van der Waals surface area contributed by atoms with Crippen LogP contribution in [0.25, 0.3) is 6.08 Å². The van der Waals surface area contributed by atoms with Gasteiger partial charge in [-0.15, -0.1) is 0 Å². The fourth-order valence-corrected chi connectivity index (χ4v) is 3.84. The number of ether oxygens (including phenoxy) is 1. The van der Waals surface area contributed by atoms with E-state index in [1.807, 2.05) is 31.2 Å². The number of amides is 2. The molecule has 0 saturated carbocycles. The molecule has 2 aromatic rings. The number of carboxylic acids is 1. The van der Waals surface area contributed by atoms with E-state index in [4.69, 9.17) is 9.84 Å². The van der Waals surface area contributed by atoms with Crippen LogP contribution in [0.4, 0.5) is 4.79 Å². The van der Waals surface area contributed by atoms with Crippen molar-refractivity contribution >= 4 is 50.9 Å². The standard InChI is InChI=1S/C20H16BrNO5S/c1-12-2-4-13(5-3-12)11-27-16-7-6-14(8-15(16)21)9-17-19(25)22(10-18(23)24)20(26)28-17/h2-9H,10-11H2,1H3,(H,23,24)/b17-9+. The first-order valence-electron chi connectivity index (χ1n) is 8.28. The highest BCUT2D eigenvalue weighted by Crippen LogP contribution is 2.34. The SMILES string of the molecule is Cc1ccc(COc2ccc(/C=C3/SC(=O)N(CC(=O)O)C3=O)cc2Br)cc1. The summed E-state index contributed by atoms with van der Waals surface area (Å²) in [5.41, 5.74) is 2.92. The second-order valence-electron chi connectivity index (χ2n) is 6.13. The van der Waals surface area contributed by atoms with Gasteiger partial charge < -0.3 is 9.84 Å². The van der Waals surface area contributed by atoms with Crippen LogP contribution in [-0.4, -0.2) is 33.7 Å². The molecular formula is C20H16BrNO5S. The van der Waals surface area contributed by atoms with E-state index in [2.05, 4.69) is 15.9 Å². The summed E-state index contributed by atoms with van der Waals surface area (Å²) >= 11 is 4.18. The fraction of sp³-hybridized carbons (Fsp3) is 0.150. The lowest BCUT2D eigenvalue weighted by molar-refractivity contribution is -0.140. The number of benzene rings is 2. The third-order valence-electron chi connectivity index (χ3n) is 3.94. The fourth-order valence-electron chi connectivity index (χ4n) is 2.49. The number of thioether (sulfide) groups is 1. The van der Waals surface area contributed by atoms with Gasteiger partial charge in [-0.3, -0.25) is 19.3 Å². The van der Waals surface area contributed by atoms with Crippen molar-refractivity contribution in [3.05, 3.63) is 68.5 Å². The average Bonchev–Trinajstić information content (AvgIpc) is 2.89. The summed E-state index contributed by atoms with van der Waals surface area (Å²) in [6.07, 6.45) is 1.56. The molecule has 0 radical (unpaired) electrons. The quantitative estimate of drug-likeness (QED) is 0.639. The van der Waals surface area contributed by atoms with Crippen LogP contribution in [0.1, 0.15) is 16.7 Å². The number of carbonyl (C=O) groups is 3. The van der Waals surface area contributed by atoms with Crippen molar-refractivity contribution in [3.63, 3.8) is 0 Å². The highest BCUT2D eigenvalue weighted by Gasteiger charge is 2.36. The number of carbonyl (C=O) groups excluding carboxylic acids is 2. The Bertz CT molecular complexity index is 971. The predicted molar refractivity (Wildman–Crippen MR) is 110 cm³/mol. The van der Waals surface area contributed by atoms with Crippen molar-refractivity contribution in [2.24, 2.45) is 0 Å². The Hall–Kier alpha value is -2.58. The van der Waals surface area contributed by atoms with Crippen LogP contribution < -0.4 is 4.74 Å². The first-order chi connectivity index (χ1) is 13.3. The van der Waals surface area contributed by atoms with E-state index in [-0.39, 0.29) is 4.91 Å². The van der Waals surface area contributed by atoms with Crippen molar-refractivity contribution in [1.29, 1.82) is 0 Å². The third kappa shape index (κ3) is 4.82. The maximum Gasteiger partial charge on any atom is 0.323 e. The zero-order valence-corrected chi connectivity index (χ0v) is 17.2. The molecule has 2 amide bonds. The second-order valence-corrected chi connectivity index (χ2v) is 7.97. The molecule has 1 N–H and O–H groups in total. The normalized spacial score (nSPS) is 15.4. The van der Waals surface area contributed by atoms with Crippen molar-refractivity contribution < 1.29 is 24.2 Å². The molecule has 8 heteroatoms. The molecule has 0 aromatic heterocycles. The van der Waals surface area contributed by atoms with Gasteiger partial charge in [0.2, 0.25) is 0 Å². The van der Waals surface area contributed by atoms with Crippen molar-refractivity contribution in [2.75, 3.05) is 6.54 Å². The monoisotopic (exact) mass is 461 g/mol. The minimum Gasteiger partial charge on any atom is -0.488 e. The lowest BCUT2D eigenvalue weighted by Gasteiger charge is -2.09. The van der Waals surface area contributed by atoms with Gasteiger partial charge in [-0.05, 0) is 64.0 Å². The Balaban J connectivity index is 1.71. The Morgan fingerprint density at radius 2 is 1.93 bits per heavy atom. The molecule has 2 aromatic carbocycles.